The number of rotatable bonds is 6. The molecule has 2 heterocycles. The van der Waals surface area contributed by atoms with Crippen molar-refractivity contribution in [3.8, 4) is 0 Å². The summed E-state index contributed by atoms with van der Waals surface area (Å²) >= 11 is 0. The average Bonchev–Trinajstić information content (AvgIpc) is 2.99. The summed E-state index contributed by atoms with van der Waals surface area (Å²) in [5, 5.41) is 3.91. The van der Waals surface area contributed by atoms with E-state index in [9.17, 15) is 0 Å². The molecule has 96 valence electrons. The van der Waals surface area contributed by atoms with Crippen molar-refractivity contribution < 1.29 is 18.7 Å². The van der Waals surface area contributed by atoms with Crippen LogP contribution in [0.4, 0.5) is 0 Å². The molecule has 1 atom stereocenters. The standard InChI is InChI=1S/C11H18N2O4/c1-3-14-11(15-4-2)10-12-9(13-17-10)8-6-5-7-16-8/h8,11H,3-7H2,1-2H3. The Labute approximate surface area is 100 Å². The minimum atomic E-state index is -0.576. The van der Waals surface area contributed by atoms with Gasteiger partial charge in [-0.25, -0.2) is 0 Å². The Morgan fingerprint density at radius 3 is 2.71 bits per heavy atom. The fraction of sp³-hybridized carbons (Fsp3) is 0.818. The third kappa shape index (κ3) is 3.02. The normalized spacial score (nSPS) is 20.3. The van der Waals surface area contributed by atoms with Gasteiger partial charge in [0, 0.05) is 19.8 Å². The van der Waals surface area contributed by atoms with E-state index in [1.54, 1.807) is 0 Å². The summed E-state index contributed by atoms with van der Waals surface area (Å²) in [5.41, 5.74) is 0. The maximum absolute atomic E-state index is 5.49. The monoisotopic (exact) mass is 242 g/mol. The zero-order valence-electron chi connectivity index (χ0n) is 10.2. The number of nitrogens with zero attached hydrogens (tertiary/aromatic N) is 2. The molecule has 0 bridgehead atoms. The summed E-state index contributed by atoms with van der Waals surface area (Å²) in [4.78, 5) is 4.28. The molecule has 2 rings (SSSR count). The number of aromatic nitrogens is 2. The van der Waals surface area contributed by atoms with Crippen LogP contribution in [0.2, 0.25) is 0 Å². The summed E-state index contributed by atoms with van der Waals surface area (Å²) in [6, 6.07) is 0. The predicted molar refractivity (Wildman–Crippen MR) is 58.2 cm³/mol. The maximum Gasteiger partial charge on any atom is 0.283 e. The van der Waals surface area contributed by atoms with Crippen LogP contribution in [-0.4, -0.2) is 30.0 Å². The van der Waals surface area contributed by atoms with Gasteiger partial charge in [-0.2, -0.15) is 4.98 Å². The molecule has 6 nitrogen and oxygen atoms in total. The highest BCUT2D eigenvalue weighted by molar-refractivity contribution is 4.94. The minimum Gasteiger partial charge on any atom is -0.370 e. The fourth-order valence-corrected chi connectivity index (χ4v) is 1.75. The van der Waals surface area contributed by atoms with Crippen molar-refractivity contribution in [2.45, 2.75) is 39.1 Å². The molecule has 0 radical (unpaired) electrons. The predicted octanol–water partition coefficient (Wildman–Crippen LogP) is 1.99. The van der Waals surface area contributed by atoms with Crippen LogP contribution in [0.15, 0.2) is 4.52 Å². The first kappa shape index (κ1) is 12.5. The van der Waals surface area contributed by atoms with E-state index < -0.39 is 6.29 Å². The first-order valence-corrected chi connectivity index (χ1v) is 6.03. The Balaban J connectivity index is 2.03. The van der Waals surface area contributed by atoms with Crippen LogP contribution in [0.5, 0.6) is 0 Å². The highest BCUT2D eigenvalue weighted by Crippen LogP contribution is 2.27. The lowest BCUT2D eigenvalue weighted by Gasteiger charge is -2.11. The lowest BCUT2D eigenvalue weighted by molar-refractivity contribution is -0.155. The van der Waals surface area contributed by atoms with Crippen molar-refractivity contribution in [3.63, 3.8) is 0 Å². The highest BCUT2D eigenvalue weighted by atomic mass is 16.7. The SMILES string of the molecule is CCOC(OCC)c1nc(C2CCCO2)no1. The second-order valence-electron chi connectivity index (χ2n) is 3.74. The molecular formula is C11H18N2O4. The summed E-state index contributed by atoms with van der Waals surface area (Å²) < 4.78 is 21.4. The van der Waals surface area contributed by atoms with Crippen LogP contribution in [0.25, 0.3) is 0 Å². The first-order valence-electron chi connectivity index (χ1n) is 6.03. The number of hydrogen-bond acceptors (Lipinski definition) is 6. The van der Waals surface area contributed by atoms with Gasteiger partial charge in [0.2, 0.25) is 12.1 Å². The Hall–Kier alpha value is -0.980. The van der Waals surface area contributed by atoms with Crippen molar-refractivity contribution >= 4 is 0 Å². The van der Waals surface area contributed by atoms with Crippen LogP contribution >= 0.6 is 0 Å². The van der Waals surface area contributed by atoms with Gasteiger partial charge in [0.15, 0.2) is 0 Å². The van der Waals surface area contributed by atoms with Crippen LogP contribution in [0.3, 0.4) is 0 Å². The van der Waals surface area contributed by atoms with Gasteiger partial charge in [-0.05, 0) is 26.7 Å². The van der Waals surface area contributed by atoms with E-state index in [2.05, 4.69) is 10.1 Å². The van der Waals surface area contributed by atoms with E-state index in [1.165, 1.54) is 0 Å². The van der Waals surface area contributed by atoms with E-state index in [1.807, 2.05) is 13.8 Å². The van der Waals surface area contributed by atoms with Crippen LogP contribution in [-0.2, 0) is 14.2 Å². The second-order valence-corrected chi connectivity index (χ2v) is 3.74. The summed E-state index contributed by atoms with van der Waals surface area (Å²) in [6.07, 6.45) is 1.35. The van der Waals surface area contributed by atoms with Crippen molar-refractivity contribution in [2.24, 2.45) is 0 Å². The largest absolute Gasteiger partial charge is 0.370 e. The van der Waals surface area contributed by atoms with Crippen molar-refractivity contribution in [3.05, 3.63) is 11.7 Å². The average molecular weight is 242 g/mol. The third-order valence-electron chi connectivity index (χ3n) is 2.51. The lowest BCUT2D eigenvalue weighted by Crippen LogP contribution is -2.09. The summed E-state index contributed by atoms with van der Waals surface area (Å²) in [6.45, 7) is 5.60. The Morgan fingerprint density at radius 1 is 1.35 bits per heavy atom. The molecule has 1 saturated heterocycles. The minimum absolute atomic E-state index is 0.0450. The Morgan fingerprint density at radius 2 is 2.12 bits per heavy atom. The highest BCUT2D eigenvalue weighted by Gasteiger charge is 2.26. The van der Waals surface area contributed by atoms with Gasteiger partial charge >= 0.3 is 0 Å². The molecule has 1 aromatic heterocycles. The molecule has 6 heteroatoms. The number of hydrogen-bond donors (Lipinski definition) is 0. The lowest BCUT2D eigenvalue weighted by atomic mass is 10.2. The van der Waals surface area contributed by atoms with E-state index in [-0.39, 0.29) is 6.10 Å². The second kappa shape index (κ2) is 6.09. The van der Waals surface area contributed by atoms with Gasteiger partial charge in [-0.1, -0.05) is 5.16 Å². The van der Waals surface area contributed by atoms with Crippen LogP contribution in [0, 0.1) is 0 Å². The van der Waals surface area contributed by atoms with Gasteiger partial charge in [-0.15, -0.1) is 0 Å². The first-order chi connectivity index (χ1) is 8.35. The van der Waals surface area contributed by atoms with E-state index in [4.69, 9.17) is 18.7 Å². The molecule has 1 aliphatic rings. The Bertz CT molecular complexity index is 330. The zero-order chi connectivity index (χ0) is 12.1. The Kier molecular flexibility index (Phi) is 4.47. The molecule has 17 heavy (non-hydrogen) atoms. The maximum atomic E-state index is 5.49. The molecule has 1 aromatic rings. The molecule has 1 aliphatic heterocycles. The number of ether oxygens (including phenoxy) is 3. The molecule has 0 aromatic carbocycles. The van der Waals surface area contributed by atoms with E-state index in [0.29, 0.717) is 24.9 Å². The van der Waals surface area contributed by atoms with Gasteiger partial charge in [-0.3, -0.25) is 0 Å². The molecule has 0 saturated carbocycles. The third-order valence-corrected chi connectivity index (χ3v) is 2.51. The molecule has 1 fully saturated rings. The van der Waals surface area contributed by atoms with E-state index >= 15 is 0 Å². The molecular weight excluding hydrogens is 224 g/mol. The van der Waals surface area contributed by atoms with Crippen molar-refractivity contribution in [1.82, 2.24) is 10.1 Å². The zero-order valence-corrected chi connectivity index (χ0v) is 10.2. The van der Waals surface area contributed by atoms with Gasteiger partial charge < -0.3 is 18.7 Å². The topological polar surface area (TPSA) is 66.6 Å². The molecule has 1 unspecified atom stereocenters. The van der Waals surface area contributed by atoms with Crippen molar-refractivity contribution in [2.75, 3.05) is 19.8 Å². The van der Waals surface area contributed by atoms with Gasteiger partial charge in [0.05, 0.1) is 0 Å². The summed E-state index contributed by atoms with van der Waals surface area (Å²) in [7, 11) is 0. The van der Waals surface area contributed by atoms with Gasteiger partial charge in [0.25, 0.3) is 5.89 Å². The quantitative estimate of drug-likeness (QED) is 0.711. The van der Waals surface area contributed by atoms with Gasteiger partial charge in [0.1, 0.15) is 6.10 Å². The van der Waals surface area contributed by atoms with Crippen LogP contribution < -0.4 is 0 Å². The van der Waals surface area contributed by atoms with Crippen molar-refractivity contribution in [1.29, 1.82) is 0 Å². The van der Waals surface area contributed by atoms with E-state index in [0.717, 1.165) is 19.4 Å². The molecule has 0 spiro atoms. The summed E-state index contributed by atoms with van der Waals surface area (Å²) in [5.74, 6) is 0.945. The molecule has 0 amide bonds. The fourth-order valence-electron chi connectivity index (χ4n) is 1.75. The molecule has 0 N–H and O–H groups in total. The van der Waals surface area contributed by atoms with Crippen LogP contribution in [0.1, 0.15) is 50.8 Å². The molecule has 0 aliphatic carbocycles. The smallest absolute Gasteiger partial charge is 0.283 e.